The number of halogens is 6. The van der Waals surface area contributed by atoms with E-state index in [1.807, 2.05) is 115 Å². The zero-order valence-electron chi connectivity index (χ0n) is 55.4. The average molecular weight is 1630 g/mol. The quantitative estimate of drug-likeness (QED) is 0.0661. The van der Waals surface area contributed by atoms with E-state index in [0.717, 1.165) is 115 Å². The first-order chi connectivity index (χ1) is 49.0. The molecule has 528 valence electrons. The molecule has 3 spiro atoms. The van der Waals surface area contributed by atoms with Crippen molar-refractivity contribution < 1.29 is 44.8 Å². The molecule has 6 fully saturated rings. The number of rotatable bonds is 9. The minimum atomic E-state index is -1.11. The number of aliphatic hydroxyl groups is 6. The molecule has 2 saturated carbocycles. The Kier molecular flexibility index (Phi) is 18.9. The van der Waals surface area contributed by atoms with Crippen LogP contribution in [0.5, 0.6) is 0 Å². The third-order valence-electron chi connectivity index (χ3n) is 22.1. The summed E-state index contributed by atoms with van der Waals surface area (Å²) in [6.07, 6.45) is 9.10. The van der Waals surface area contributed by atoms with Gasteiger partial charge in [-0.3, -0.25) is 0 Å². The highest BCUT2D eigenvalue weighted by atomic mass is 79.9. The Bertz CT molecular complexity index is 4750. The third kappa shape index (κ3) is 12.7. The second-order valence-corrected chi connectivity index (χ2v) is 32.1. The first kappa shape index (κ1) is 70.0. The van der Waals surface area contributed by atoms with Crippen molar-refractivity contribution in [1.82, 2.24) is 63.9 Å². The summed E-state index contributed by atoms with van der Waals surface area (Å²) in [4.78, 5) is 39.4. The fraction of sp³-hybridized carbons (Fsp3) is 0.392. The average Bonchev–Trinajstić information content (AvgIpc) is 1.59. The number of fused-ring (bicyclic) bond motifs is 6. The number of hydrogen-bond donors (Lipinski definition) is 7. The van der Waals surface area contributed by atoms with Gasteiger partial charge in [0.1, 0.15) is 81.4 Å². The molecule has 4 saturated heterocycles. The summed E-state index contributed by atoms with van der Waals surface area (Å²) in [6, 6.07) is 29.9. The molecule has 28 heteroatoms. The van der Waals surface area contributed by atoms with Crippen molar-refractivity contribution in [2.45, 2.75) is 151 Å². The van der Waals surface area contributed by atoms with Crippen LogP contribution in [0.1, 0.15) is 84.2 Å². The molecule has 18 rings (SSSR count). The van der Waals surface area contributed by atoms with Gasteiger partial charge in [0.15, 0.2) is 6.23 Å². The molecule has 15 unspecified atom stereocenters. The molecule has 7 N–H and O–H groups in total. The van der Waals surface area contributed by atoms with Crippen LogP contribution in [0, 0.1) is 31.6 Å². The molecular formula is C74H71Br3Cl3N13O9. The molecule has 4 aliphatic heterocycles. The van der Waals surface area contributed by atoms with Crippen LogP contribution in [0.25, 0.3) is 65.8 Å². The number of nitrogens with one attached hydrogen (secondary N) is 1. The van der Waals surface area contributed by atoms with Crippen molar-refractivity contribution in [1.29, 1.82) is 0 Å². The maximum Gasteiger partial charge on any atom is 0.164 e. The van der Waals surface area contributed by atoms with E-state index in [0.29, 0.717) is 72.8 Å². The van der Waals surface area contributed by atoms with E-state index in [1.54, 1.807) is 17.2 Å². The lowest BCUT2D eigenvalue weighted by Gasteiger charge is -2.27. The van der Waals surface area contributed by atoms with Gasteiger partial charge in [-0.15, -0.1) is 0 Å². The first-order valence-electron chi connectivity index (χ1n) is 33.8. The zero-order chi connectivity index (χ0) is 70.8. The van der Waals surface area contributed by atoms with Crippen molar-refractivity contribution in [3.05, 3.63) is 191 Å². The van der Waals surface area contributed by atoms with Gasteiger partial charge in [-0.25, -0.2) is 44.9 Å². The second-order valence-electron chi connectivity index (χ2n) is 28.4. The fourth-order valence-electron chi connectivity index (χ4n) is 16.8. The summed E-state index contributed by atoms with van der Waals surface area (Å²) < 4.78 is 26.6. The lowest BCUT2D eigenvalue weighted by Crippen LogP contribution is -2.43. The molecule has 22 nitrogen and oxygen atoms in total. The maximum atomic E-state index is 11.2. The number of hydrogen-bond acceptors (Lipinski definition) is 19. The van der Waals surface area contributed by atoms with Crippen LogP contribution >= 0.6 is 82.6 Å². The minimum Gasteiger partial charge on any atom is -0.390 e. The third-order valence-corrected chi connectivity index (χ3v) is 25.5. The Balaban J connectivity index is 0.000000118. The van der Waals surface area contributed by atoms with E-state index < -0.39 is 53.9 Å². The van der Waals surface area contributed by atoms with Crippen molar-refractivity contribution >= 4 is 148 Å². The van der Waals surface area contributed by atoms with E-state index in [4.69, 9.17) is 49.0 Å². The Morgan fingerprint density at radius 3 is 1.38 bits per heavy atom. The standard InChI is InChI=1S/C25H25BrClN5O2.C25H24BrClN4O3.C24H22BrClN4O4/c1-13-17-4-5-32(24(17)30-12-29-13)20-10-25(22(34)21(20)33)9-16(28-11-25)6-14-2-3-15-8-18(26)23(27)31-19(15)7-14;1-13-17-4-5-31(24(17)29-12-28-13)20-10-25(22(33)21(20)32)9-16(34-11-25)6-14-2-3-15-8-18(26)23(27)30-19(15)7-14;1-12-16-4-5-30(22(16)28-11-27-12)23-19(31)20(32)24(34-23)9-15(33-10-24)6-13-2-3-14-8-17(25)21(26)29-18(14)7-13/h2-5,7-8,12,16,20-22,28,33-34H,6,9-11H2,1H3;2-5,7-8,12,16,20-22,32-33H,6,9-11H2,1H3;2-5,7-8,11,15,19-20,23,31-32H,6,9-10H2,1H3. The molecule has 0 amide bonds. The SMILES string of the molecule is Cc1ncnc2c1ccn2C1CC2(CNC(Cc3ccc4cc(Br)c(Cl)nc4c3)C2)C(O)C1O.Cc1ncnc2c1ccn2C1CC2(COC(Cc3ccc4cc(Br)c(Cl)nc4c3)C2)C(O)C1O.Cc1ncnc2c1ccn2C1OC2(COC(Cc3ccc4cc(Br)c(Cl)nc4c3)C2)C(O)C1O. The van der Waals surface area contributed by atoms with E-state index in [-0.39, 0.29) is 42.4 Å². The Labute approximate surface area is 625 Å². The number of benzene rings is 3. The van der Waals surface area contributed by atoms with Gasteiger partial charge in [0.25, 0.3) is 0 Å². The van der Waals surface area contributed by atoms with Crippen molar-refractivity contribution in [2.24, 2.45) is 10.8 Å². The summed E-state index contributed by atoms with van der Waals surface area (Å²) in [7, 11) is 0. The summed E-state index contributed by atoms with van der Waals surface area (Å²) in [5.41, 5.74) is 8.87. The molecule has 3 aromatic carbocycles. The number of pyridine rings is 3. The lowest BCUT2D eigenvalue weighted by molar-refractivity contribution is -0.103. The number of ether oxygens (including phenoxy) is 3. The van der Waals surface area contributed by atoms with Crippen LogP contribution < -0.4 is 5.32 Å². The molecule has 6 aliphatic rings. The molecule has 102 heavy (non-hydrogen) atoms. The summed E-state index contributed by atoms with van der Waals surface area (Å²) >= 11 is 28.8. The van der Waals surface area contributed by atoms with Gasteiger partial charge in [-0.05, 0) is 185 Å². The Hall–Kier alpha value is -6.34. The van der Waals surface area contributed by atoms with Gasteiger partial charge in [0.05, 0.1) is 96.8 Å². The number of aromatic nitrogens is 12. The Morgan fingerprint density at radius 1 is 0.471 bits per heavy atom. The molecule has 2 aliphatic carbocycles. The molecular weight excluding hydrogens is 1560 g/mol. The topological polar surface area (TPSA) is 292 Å². The van der Waals surface area contributed by atoms with Crippen LogP contribution in [-0.2, 0) is 33.5 Å². The molecule has 9 aromatic heterocycles. The molecule has 13 heterocycles. The van der Waals surface area contributed by atoms with Crippen LogP contribution in [-0.4, -0.2) is 169 Å². The monoisotopic (exact) mass is 1630 g/mol. The normalized spacial score (nSPS) is 29.1. The van der Waals surface area contributed by atoms with Crippen molar-refractivity contribution in [3.8, 4) is 0 Å². The fourth-order valence-corrected chi connectivity index (χ4v) is 18.2. The van der Waals surface area contributed by atoms with Gasteiger partial charge < -0.3 is 63.9 Å². The first-order valence-corrected chi connectivity index (χ1v) is 37.4. The zero-order valence-corrected chi connectivity index (χ0v) is 62.4. The highest BCUT2D eigenvalue weighted by molar-refractivity contribution is 9.11. The van der Waals surface area contributed by atoms with E-state index in [9.17, 15) is 30.6 Å². The molecule has 12 aromatic rings. The summed E-state index contributed by atoms with van der Waals surface area (Å²) in [5.74, 6) is 0. The van der Waals surface area contributed by atoms with Crippen LogP contribution in [0.15, 0.2) is 142 Å². The highest BCUT2D eigenvalue weighted by Crippen LogP contribution is 2.54. The van der Waals surface area contributed by atoms with E-state index in [1.165, 1.54) is 11.9 Å². The smallest absolute Gasteiger partial charge is 0.164 e. The van der Waals surface area contributed by atoms with Gasteiger partial charge in [0, 0.05) is 80.7 Å². The predicted molar refractivity (Wildman–Crippen MR) is 397 cm³/mol. The largest absolute Gasteiger partial charge is 0.390 e. The number of aryl methyl sites for hydroxylation is 3. The molecule has 0 radical (unpaired) electrons. The predicted octanol–water partition coefficient (Wildman–Crippen LogP) is 12.1. The highest BCUT2D eigenvalue weighted by Gasteiger charge is 2.60. The van der Waals surface area contributed by atoms with Gasteiger partial charge >= 0.3 is 0 Å². The van der Waals surface area contributed by atoms with Crippen LogP contribution in [0.3, 0.4) is 0 Å². The van der Waals surface area contributed by atoms with E-state index >= 15 is 0 Å². The minimum absolute atomic E-state index is 0.0463. The number of nitrogens with zero attached hydrogens (tertiary/aromatic N) is 12. The maximum absolute atomic E-state index is 11.2. The number of aliphatic hydroxyl groups excluding tert-OH is 6. The second kappa shape index (κ2) is 27.5. The van der Waals surface area contributed by atoms with Crippen LogP contribution in [0.2, 0.25) is 15.5 Å². The Morgan fingerprint density at radius 2 is 0.892 bits per heavy atom. The van der Waals surface area contributed by atoms with Gasteiger partial charge in [-0.1, -0.05) is 71.2 Å². The lowest BCUT2D eigenvalue weighted by atomic mass is 9.80. The van der Waals surface area contributed by atoms with Crippen molar-refractivity contribution in [3.63, 3.8) is 0 Å². The summed E-state index contributed by atoms with van der Waals surface area (Å²) in [6.45, 7) is 7.09. The van der Waals surface area contributed by atoms with Gasteiger partial charge in [0.2, 0.25) is 0 Å². The summed E-state index contributed by atoms with van der Waals surface area (Å²) in [5, 5.41) is 77.0. The molecule has 15 atom stereocenters. The van der Waals surface area contributed by atoms with Gasteiger partial charge in [-0.2, -0.15) is 0 Å². The van der Waals surface area contributed by atoms with Crippen LogP contribution in [0.4, 0.5) is 0 Å². The van der Waals surface area contributed by atoms with E-state index in [2.05, 4.69) is 122 Å². The van der Waals surface area contributed by atoms with Crippen molar-refractivity contribution in [2.75, 3.05) is 19.8 Å². The molecule has 0 bridgehead atoms.